The normalized spacial score (nSPS) is 14.2. The van der Waals surface area contributed by atoms with Crippen LogP contribution in [0.3, 0.4) is 0 Å². The molecular weight excluding hydrogens is 337 g/mol. The maximum Gasteiger partial charge on any atom is 0.272 e. The average Bonchev–Trinajstić information content (AvgIpc) is 2.67. The smallest absolute Gasteiger partial charge is 0.272 e. The summed E-state index contributed by atoms with van der Waals surface area (Å²) in [5.41, 5.74) is 1.19. The monoisotopic (exact) mass is 357 g/mol. The van der Waals surface area contributed by atoms with Gasteiger partial charge >= 0.3 is 0 Å². The van der Waals surface area contributed by atoms with Crippen LogP contribution in [0.15, 0.2) is 36.5 Å². The van der Waals surface area contributed by atoms with Crippen LogP contribution in [0.2, 0.25) is 0 Å². The zero-order chi connectivity index (χ0) is 18.5. The summed E-state index contributed by atoms with van der Waals surface area (Å²) >= 11 is 0. The lowest BCUT2D eigenvalue weighted by Crippen LogP contribution is -2.50. The molecule has 1 aliphatic rings. The molecule has 1 N–H and O–H groups in total. The van der Waals surface area contributed by atoms with Gasteiger partial charge in [0.2, 0.25) is 11.9 Å². The van der Waals surface area contributed by atoms with Crippen molar-refractivity contribution in [3.8, 4) is 0 Å². The number of amides is 2. The number of benzene rings is 1. The van der Waals surface area contributed by atoms with Crippen LogP contribution in [0.4, 0.5) is 10.3 Å². The van der Waals surface area contributed by atoms with Gasteiger partial charge in [0.15, 0.2) is 0 Å². The molecule has 1 saturated heterocycles. The van der Waals surface area contributed by atoms with Crippen LogP contribution in [-0.2, 0) is 11.3 Å². The lowest BCUT2D eigenvalue weighted by atomic mass is 10.2. The summed E-state index contributed by atoms with van der Waals surface area (Å²) in [6.45, 7) is 3.99. The lowest BCUT2D eigenvalue weighted by Gasteiger charge is -2.34. The van der Waals surface area contributed by atoms with E-state index in [1.165, 1.54) is 25.3 Å². The van der Waals surface area contributed by atoms with Crippen molar-refractivity contribution in [2.45, 2.75) is 13.5 Å². The Bertz CT molecular complexity index is 788. The first-order chi connectivity index (χ1) is 12.5. The van der Waals surface area contributed by atoms with E-state index in [2.05, 4.69) is 15.3 Å². The van der Waals surface area contributed by atoms with E-state index in [1.807, 2.05) is 0 Å². The van der Waals surface area contributed by atoms with Gasteiger partial charge in [0, 0.05) is 45.8 Å². The Hall–Kier alpha value is -3.03. The zero-order valence-corrected chi connectivity index (χ0v) is 14.5. The number of nitrogens with zero attached hydrogens (tertiary/aromatic N) is 4. The van der Waals surface area contributed by atoms with Crippen LogP contribution in [0.1, 0.15) is 23.0 Å². The molecule has 2 heterocycles. The molecule has 3 rings (SSSR count). The largest absolute Gasteiger partial charge is 0.350 e. The summed E-state index contributed by atoms with van der Waals surface area (Å²) in [6, 6.07) is 7.69. The molecule has 0 atom stereocenters. The molecule has 0 spiro atoms. The van der Waals surface area contributed by atoms with Gasteiger partial charge in [-0.1, -0.05) is 12.1 Å². The Morgan fingerprint density at radius 3 is 2.38 bits per heavy atom. The first-order valence-corrected chi connectivity index (χ1v) is 8.39. The Morgan fingerprint density at radius 2 is 1.73 bits per heavy atom. The molecular formula is C18H20FN5O2. The maximum atomic E-state index is 12.9. The molecule has 2 aromatic rings. The van der Waals surface area contributed by atoms with E-state index in [1.54, 1.807) is 28.0 Å². The minimum atomic E-state index is -0.289. The molecule has 0 saturated carbocycles. The van der Waals surface area contributed by atoms with Crippen molar-refractivity contribution < 1.29 is 14.0 Å². The first-order valence-electron chi connectivity index (χ1n) is 8.39. The fourth-order valence-electron chi connectivity index (χ4n) is 2.73. The Kier molecular flexibility index (Phi) is 5.40. The van der Waals surface area contributed by atoms with Gasteiger partial charge in [0.05, 0.1) is 0 Å². The summed E-state index contributed by atoms with van der Waals surface area (Å²) in [4.78, 5) is 35.8. The number of hydrogen-bond donors (Lipinski definition) is 1. The first kappa shape index (κ1) is 17.8. The average molecular weight is 357 g/mol. The van der Waals surface area contributed by atoms with E-state index >= 15 is 0 Å². The minimum Gasteiger partial charge on any atom is -0.350 e. The van der Waals surface area contributed by atoms with Crippen LogP contribution in [0, 0.1) is 5.82 Å². The summed E-state index contributed by atoms with van der Waals surface area (Å²) in [5.74, 6) is -0.114. The van der Waals surface area contributed by atoms with Crippen LogP contribution in [0.5, 0.6) is 0 Å². The highest BCUT2D eigenvalue weighted by atomic mass is 19.1. The Labute approximate surface area is 150 Å². The van der Waals surface area contributed by atoms with Crippen LogP contribution < -0.4 is 5.32 Å². The third-order valence-electron chi connectivity index (χ3n) is 4.25. The van der Waals surface area contributed by atoms with Gasteiger partial charge in [-0.3, -0.25) is 9.59 Å². The number of piperazine rings is 1. The van der Waals surface area contributed by atoms with Gasteiger partial charge in [-0.25, -0.2) is 14.4 Å². The molecule has 1 fully saturated rings. The predicted octanol–water partition coefficient (Wildman–Crippen LogP) is 1.53. The number of carbonyl (C=O) groups is 2. The number of nitrogens with one attached hydrogen (secondary N) is 1. The summed E-state index contributed by atoms with van der Waals surface area (Å²) in [5, 5.41) is 3.03. The molecule has 7 nitrogen and oxygen atoms in total. The van der Waals surface area contributed by atoms with Crippen molar-refractivity contribution in [3.63, 3.8) is 0 Å². The second-order valence-corrected chi connectivity index (χ2v) is 6.04. The highest BCUT2D eigenvalue weighted by molar-refractivity contribution is 5.92. The number of aromatic nitrogens is 2. The Balaban J connectivity index is 1.60. The van der Waals surface area contributed by atoms with E-state index in [0.717, 1.165) is 5.56 Å². The Morgan fingerprint density at radius 1 is 1.08 bits per heavy atom. The van der Waals surface area contributed by atoms with E-state index in [4.69, 9.17) is 0 Å². The quantitative estimate of drug-likeness (QED) is 0.898. The van der Waals surface area contributed by atoms with Crippen LogP contribution >= 0.6 is 0 Å². The van der Waals surface area contributed by atoms with E-state index < -0.39 is 0 Å². The highest BCUT2D eigenvalue weighted by Gasteiger charge is 2.24. The van der Waals surface area contributed by atoms with Crippen LogP contribution in [-0.4, -0.2) is 57.8 Å². The third-order valence-corrected chi connectivity index (χ3v) is 4.25. The van der Waals surface area contributed by atoms with Crippen molar-refractivity contribution in [2.75, 3.05) is 31.5 Å². The molecule has 8 heteroatoms. The number of hydrogen-bond acceptors (Lipinski definition) is 5. The van der Waals surface area contributed by atoms with Gasteiger partial charge in [-0.15, -0.1) is 0 Å². The van der Waals surface area contributed by atoms with Crippen molar-refractivity contribution in [2.24, 2.45) is 0 Å². The molecule has 0 bridgehead atoms. The number of anilines is 1. The van der Waals surface area contributed by atoms with Crippen molar-refractivity contribution >= 4 is 17.8 Å². The topological polar surface area (TPSA) is 78.4 Å². The van der Waals surface area contributed by atoms with Crippen LogP contribution in [0.25, 0.3) is 0 Å². The molecule has 0 aliphatic carbocycles. The lowest BCUT2D eigenvalue weighted by molar-refractivity contribution is -0.130. The maximum absolute atomic E-state index is 12.9. The number of halogens is 1. The summed E-state index contributed by atoms with van der Waals surface area (Å²) < 4.78 is 12.9. The molecule has 1 aromatic carbocycles. The van der Waals surface area contributed by atoms with Gasteiger partial charge in [0.1, 0.15) is 11.5 Å². The second kappa shape index (κ2) is 7.90. The minimum absolute atomic E-state index is 0.0198. The molecule has 1 aromatic heterocycles. The van der Waals surface area contributed by atoms with Crippen molar-refractivity contribution in [3.05, 3.63) is 53.6 Å². The number of carbonyl (C=O) groups excluding carboxylic acids is 2. The fraction of sp³-hybridized carbons (Fsp3) is 0.333. The zero-order valence-electron chi connectivity index (χ0n) is 14.5. The molecule has 0 radical (unpaired) electrons. The van der Waals surface area contributed by atoms with E-state index in [-0.39, 0.29) is 17.6 Å². The molecule has 136 valence electrons. The van der Waals surface area contributed by atoms with Crippen molar-refractivity contribution in [1.29, 1.82) is 0 Å². The van der Waals surface area contributed by atoms with E-state index in [9.17, 15) is 14.0 Å². The van der Waals surface area contributed by atoms with Gasteiger partial charge in [-0.2, -0.15) is 0 Å². The van der Waals surface area contributed by atoms with Gasteiger partial charge in [0.25, 0.3) is 5.91 Å². The summed E-state index contributed by atoms with van der Waals surface area (Å²) in [6.07, 6.45) is 1.53. The number of rotatable bonds is 4. The van der Waals surface area contributed by atoms with Gasteiger partial charge < -0.3 is 15.1 Å². The predicted molar refractivity (Wildman–Crippen MR) is 93.9 cm³/mol. The molecule has 2 amide bonds. The van der Waals surface area contributed by atoms with Crippen molar-refractivity contribution in [1.82, 2.24) is 19.8 Å². The third kappa shape index (κ3) is 4.33. The van der Waals surface area contributed by atoms with E-state index in [0.29, 0.717) is 44.4 Å². The summed E-state index contributed by atoms with van der Waals surface area (Å²) in [7, 11) is 0. The molecule has 0 unspecified atom stereocenters. The highest BCUT2D eigenvalue weighted by Crippen LogP contribution is 2.10. The SMILES string of the molecule is CC(=O)N1CCN(C(=O)c2ccnc(NCc3ccc(F)cc3)n2)CC1. The standard InChI is InChI=1S/C18H20FN5O2/c1-13(25)23-8-10-24(11-9-23)17(26)16-6-7-20-18(22-16)21-12-14-2-4-15(19)5-3-14/h2-7H,8-12H2,1H3,(H,20,21,22). The second-order valence-electron chi connectivity index (χ2n) is 6.04. The fourth-order valence-corrected chi connectivity index (χ4v) is 2.73. The van der Waals surface area contributed by atoms with Gasteiger partial charge in [-0.05, 0) is 23.8 Å². The molecule has 26 heavy (non-hydrogen) atoms. The molecule has 1 aliphatic heterocycles.